The molecular weight excluding hydrogens is 353 g/mol. The van der Waals surface area contributed by atoms with E-state index in [4.69, 9.17) is 23.2 Å². The molecule has 1 aliphatic heterocycles. The molecule has 3 amide bonds. The van der Waals surface area contributed by atoms with Crippen LogP contribution in [0, 0.1) is 0 Å². The molecule has 1 saturated heterocycles. The molecule has 8 heteroatoms. The van der Waals surface area contributed by atoms with Crippen molar-refractivity contribution in [2.24, 2.45) is 0 Å². The first-order valence-corrected chi connectivity index (χ1v) is 8.31. The van der Waals surface area contributed by atoms with Gasteiger partial charge in [-0.15, -0.1) is 0 Å². The van der Waals surface area contributed by atoms with Crippen molar-refractivity contribution in [3.8, 4) is 0 Å². The summed E-state index contributed by atoms with van der Waals surface area (Å²) in [6.07, 6.45) is 0. The Morgan fingerprint density at radius 3 is 1.92 bits per heavy atom. The molecule has 0 aromatic heterocycles. The summed E-state index contributed by atoms with van der Waals surface area (Å²) in [7, 11) is 0. The Hall–Kier alpha value is -1.79. The first-order chi connectivity index (χ1) is 11.3. The average Bonchev–Trinajstić information content (AvgIpc) is 2.51. The van der Waals surface area contributed by atoms with E-state index in [0.717, 1.165) is 0 Å². The van der Waals surface area contributed by atoms with Crippen LogP contribution in [-0.4, -0.2) is 60.2 Å². The number of hydrogen-bond acceptors (Lipinski definition) is 3. The van der Waals surface area contributed by atoms with Gasteiger partial charge in [-0.2, -0.15) is 0 Å². The van der Waals surface area contributed by atoms with Crippen LogP contribution in [0.3, 0.4) is 0 Å². The summed E-state index contributed by atoms with van der Waals surface area (Å²) in [6.45, 7) is 4.73. The van der Waals surface area contributed by atoms with E-state index >= 15 is 0 Å². The average molecular weight is 372 g/mol. The number of anilines is 1. The van der Waals surface area contributed by atoms with Crippen LogP contribution >= 0.6 is 23.2 Å². The minimum atomic E-state index is -0.274. The number of carbonyl (C=O) groups is 3. The summed E-state index contributed by atoms with van der Waals surface area (Å²) < 4.78 is 0. The zero-order valence-corrected chi connectivity index (χ0v) is 15.1. The summed E-state index contributed by atoms with van der Waals surface area (Å²) in [5.74, 6) is -0.449. The van der Waals surface area contributed by atoms with Crippen molar-refractivity contribution in [2.75, 3.05) is 37.6 Å². The van der Waals surface area contributed by atoms with Gasteiger partial charge in [0, 0.05) is 55.8 Å². The molecule has 0 unspecified atom stereocenters. The Labute approximate surface area is 150 Å². The Balaban J connectivity index is 2.07. The Morgan fingerprint density at radius 2 is 1.46 bits per heavy atom. The fourth-order valence-corrected chi connectivity index (χ4v) is 3.10. The summed E-state index contributed by atoms with van der Waals surface area (Å²) in [6, 6.07) is 4.75. The lowest BCUT2D eigenvalue weighted by Crippen LogP contribution is -2.52. The standard InChI is InChI=1S/C16H19Cl2N3O3/c1-11(22)19-3-5-20(6-4-19)16(24)10-21(12(2)23)15-8-13(17)7-14(18)9-15/h7-9H,3-6,10H2,1-2H3. The molecule has 0 radical (unpaired) electrons. The third-order valence-corrected chi connectivity index (χ3v) is 4.35. The number of carbonyl (C=O) groups excluding carboxylic acids is 3. The largest absolute Gasteiger partial charge is 0.339 e. The molecule has 0 aliphatic carbocycles. The quantitative estimate of drug-likeness (QED) is 0.816. The first-order valence-electron chi connectivity index (χ1n) is 7.55. The van der Waals surface area contributed by atoms with Crippen molar-refractivity contribution in [1.29, 1.82) is 0 Å². The lowest BCUT2D eigenvalue weighted by molar-refractivity contribution is -0.137. The van der Waals surface area contributed by atoms with E-state index in [2.05, 4.69) is 0 Å². The van der Waals surface area contributed by atoms with E-state index in [9.17, 15) is 14.4 Å². The summed E-state index contributed by atoms with van der Waals surface area (Å²) in [5, 5.41) is 0.789. The molecule has 1 aliphatic rings. The van der Waals surface area contributed by atoms with Gasteiger partial charge in [-0.25, -0.2) is 0 Å². The molecular formula is C16H19Cl2N3O3. The van der Waals surface area contributed by atoms with Crippen LogP contribution in [0.15, 0.2) is 18.2 Å². The molecule has 0 N–H and O–H groups in total. The van der Waals surface area contributed by atoms with Crippen LogP contribution in [0.2, 0.25) is 10.0 Å². The van der Waals surface area contributed by atoms with E-state index in [0.29, 0.717) is 41.9 Å². The van der Waals surface area contributed by atoms with Crippen LogP contribution in [0.5, 0.6) is 0 Å². The lowest BCUT2D eigenvalue weighted by Gasteiger charge is -2.35. The fraction of sp³-hybridized carbons (Fsp3) is 0.438. The molecule has 0 saturated carbocycles. The zero-order chi connectivity index (χ0) is 17.9. The van der Waals surface area contributed by atoms with Gasteiger partial charge in [0.15, 0.2) is 0 Å². The van der Waals surface area contributed by atoms with Gasteiger partial charge in [0.2, 0.25) is 17.7 Å². The van der Waals surface area contributed by atoms with E-state index in [1.807, 2.05) is 0 Å². The highest BCUT2D eigenvalue weighted by Crippen LogP contribution is 2.25. The molecule has 1 fully saturated rings. The molecule has 1 aromatic carbocycles. The minimum Gasteiger partial charge on any atom is -0.339 e. The summed E-state index contributed by atoms with van der Waals surface area (Å²) in [5.41, 5.74) is 0.482. The van der Waals surface area contributed by atoms with Gasteiger partial charge < -0.3 is 14.7 Å². The van der Waals surface area contributed by atoms with Gasteiger partial charge in [0.1, 0.15) is 6.54 Å². The molecule has 2 rings (SSSR count). The van der Waals surface area contributed by atoms with Gasteiger partial charge in [-0.1, -0.05) is 23.2 Å². The molecule has 1 aromatic rings. The van der Waals surface area contributed by atoms with Crippen molar-refractivity contribution >= 4 is 46.6 Å². The molecule has 130 valence electrons. The number of hydrogen-bond donors (Lipinski definition) is 0. The predicted octanol–water partition coefficient (Wildman–Crippen LogP) is 2.04. The van der Waals surface area contributed by atoms with Crippen molar-refractivity contribution in [1.82, 2.24) is 9.80 Å². The monoisotopic (exact) mass is 371 g/mol. The van der Waals surface area contributed by atoms with E-state index < -0.39 is 0 Å². The summed E-state index contributed by atoms with van der Waals surface area (Å²) in [4.78, 5) is 40.5. The van der Waals surface area contributed by atoms with Gasteiger partial charge in [-0.05, 0) is 18.2 Å². The van der Waals surface area contributed by atoms with E-state index in [-0.39, 0.29) is 24.3 Å². The van der Waals surface area contributed by atoms with Gasteiger partial charge in [0.05, 0.1) is 0 Å². The second kappa shape index (κ2) is 7.85. The third kappa shape index (κ3) is 4.61. The maximum atomic E-state index is 12.5. The highest BCUT2D eigenvalue weighted by molar-refractivity contribution is 6.35. The minimum absolute atomic E-state index is 0.000954. The number of nitrogens with zero attached hydrogens (tertiary/aromatic N) is 3. The summed E-state index contributed by atoms with van der Waals surface area (Å²) >= 11 is 11.9. The van der Waals surface area contributed by atoms with Crippen molar-refractivity contribution in [3.63, 3.8) is 0 Å². The van der Waals surface area contributed by atoms with Crippen molar-refractivity contribution in [3.05, 3.63) is 28.2 Å². The molecule has 24 heavy (non-hydrogen) atoms. The highest BCUT2D eigenvalue weighted by atomic mass is 35.5. The Kier molecular flexibility index (Phi) is 6.07. The van der Waals surface area contributed by atoms with Crippen LogP contribution in [0.1, 0.15) is 13.8 Å². The van der Waals surface area contributed by atoms with E-state index in [1.54, 1.807) is 28.0 Å². The molecule has 0 bridgehead atoms. The van der Waals surface area contributed by atoms with Crippen molar-refractivity contribution in [2.45, 2.75) is 13.8 Å². The number of benzene rings is 1. The second-order valence-electron chi connectivity index (χ2n) is 5.62. The fourth-order valence-electron chi connectivity index (χ4n) is 2.59. The number of halogens is 2. The predicted molar refractivity (Wildman–Crippen MR) is 93.3 cm³/mol. The highest BCUT2D eigenvalue weighted by Gasteiger charge is 2.25. The Bertz CT molecular complexity index is 638. The van der Waals surface area contributed by atoms with Gasteiger partial charge in [-0.3, -0.25) is 14.4 Å². The normalized spacial score (nSPS) is 14.5. The topological polar surface area (TPSA) is 60.9 Å². The lowest BCUT2D eigenvalue weighted by atomic mass is 10.2. The van der Waals surface area contributed by atoms with Crippen LogP contribution in [0.25, 0.3) is 0 Å². The van der Waals surface area contributed by atoms with Crippen LogP contribution in [-0.2, 0) is 14.4 Å². The Morgan fingerprint density at radius 1 is 0.958 bits per heavy atom. The molecule has 0 spiro atoms. The third-order valence-electron chi connectivity index (χ3n) is 3.91. The number of rotatable bonds is 3. The van der Waals surface area contributed by atoms with Gasteiger partial charge in [0.25, 0.3) is 0 Å². The molecule has 6 nitrogen and oxygen atoms in total. The zero-order valence-electron chi connectivity index (χ0n) is 13.6. The van der Waals surface area contributed by atoms with Gasteiger partial charge >= 0.3 is 0 Å². The van der Waals surface area contributed by atoms with Crippen molar-refractivity contribution < 1.29 is 14.4 Å². The van der Waals surface area contributed by atoms with Crippen LogP contribution < -0.4 is 4.90 Å². The number of amides is 3. The maximum absolute atomic E-state index is 12.5. The first kappa shape index (κ1) is 18.5. The number of piperazine rings is 1. The molecule has 0 atom stereocenters. The van der Waals surface area contributed by atoms with E-state index in [1.165, 1.54) is 18.7 Å². The SMILES string of the molecule is CC(=O)N1CCN(C(=O)CN(C(C)=O)c2cc(Cl)cc(Cl)c2)CC1. The maximum Gasteiger partial charge on any atom is 0.242 e. The smallest absolute Gasteiger partial charge is 0.242 e. The second-order valence-corrected chi connectivity index (χ2v) is 6.49. The van der Waals surface area contributed by atoms with Crippen LogP contribution in [0.4, 0.5) is 5.69 Å². The molecule has 1 heterocycles.